The van der Waals surface area contributed by atoms with E-state index in [0.29, 0.717) is 30.6 Å². The third kappa shape index (κ3) is 2.36. The highest BCUT2D eigenvalue weighted by molar-refractivity contribution is 5.89. The van der Waals surface area contributed by atoms with Gasteiger partial charge in [0.15, 0.2) is 0 Å². The van der Waals surface area contributed by atoms with Crippen LogP contribution < -0.4 is 5.73 Å². The summed E-state index contributed by atoms with van der Waals surface area (Å²) in [5.41, 5.74) is 6.98. The fraction of sp³-hybridized carbons (Fsp3) is 0.615. The third-order valence-electron chi connectivity index (χ3n) is 3.46. The Bertz CT molecular complexity index is 445. The zero-order chi connectivity index (χ0) is 12.5. The molecular weight excluding hydrogens is 232 g/mol. The number of carbonyl (C=O) groups excluding carboxylic acids is 1. The summed E-state index contributed by atoms with van der Waals surface area (Å²) in [5, 5.41) is 0. The molecule has 18 heavy (non-hydrogen) atoms. The van der Waals surface area contributed by atoms with Crippen LogP contribution in [0.25, 0.3) is 0 Å². The minimum Gasteiger partial charge on any atom is -0.458 e. The van der Waals surface area contributed by atoms with Crippen molar-refractivity contribution >= 4 is 11.7 Å². The van der Waals surface area contributed by atoms with E-state index in [0.717, 1.165) is 25.7 Å². The first-order valence-electron chi connectivity index (χ1n) is 6.50. The molecule has 5 nitrogen and oxygen atoms in total. The van der Waals surface area contributed by atoms with Gasteiger partial charge in [-0.25, -0.2) is 4.79 Å². The Morgan fingerprint density at radius 2 is 2.06 bits per heavy atom. The van der Waals surface area contributed by atoms with Crippen LogP contribution in [-0.2, 0) is 9.47 Å². The molecule has 0 bridgehead atoms. The monoisotopic (exact) mass is 250 g/mol. The topological polar surface area (TPSA) is 66.5 Å². The second-order valence-corrected chi connectivity index (χ2v) is 5.01. The van der Waals surface area contributed by atoms with Gasteiger partial charge in [0.2, 0.25) is 0 Å². The van der Waals surface area contributed by atoms with E-state index in [1.807, 2.05) is 10.8 Å². The number of aromatic nitrogens is 1. The van der Waals surface area contributed by atoms with Gasteiger partial charge in [0, 0.05) is 25.1 Å². The van der Waals surface area contributed by atoms with Crippen LogP contribution in [0.5, 0.6) is 0 Å². The molecule has 2 heterocycles. The minimum absolute atomic E-state index is 0.0185. The molecule has 1 aromatic rings. The molecule has 0 amide bonds. The minimum atomic E-state index is -0.259. The van der Waals surface area contributed by atoms with Crippen molar-refractivity contribution in [2.24, 2.45) is 0 Å². The Labute approximate surface area is 106 Å². The van der Waals surface area contributed by atoms with E-state index in [-0.39, 0.29) is 12.1 Å². The number of ether oxygens (including phenoxy) is 2. The molecule has 2 fully saturated rings. The summed E-state index contributed by atoms with van der Waals surface area (Å²) in [7, 11) is 0. The normalized spacial score (nSPS) is 20.9. The van der Waals surface area contributed by atoms with E-state index in [1.54, 1.807) is 6.07 Å². The predicted molar refractivity (Wildman–Crippen MR) is 66.4 cm³/mol. The van der Waals surface area contributed by atoms with Gasteiger partial charge in [-0.15, -0.1) is 0 Å². The first-order valence-corrected chi connectivity index (χ1v) is 6.50. The van der Waals surface area contributed by atoms with Crippen molar-refractivity contribution in [3.63, 3.8) is 0 Å². The molecule has 0 atom stereocenters. The highest BCUT2D eigenvalue weighted by Crippen LogP contribution is 2.37. The van der Waals surface area contributed by atoms with Crippen molar-refractivity contribution < 1.29 is 14.3 Å². The molecule has 98 valence electrons. The molecule has 1 aliphatic heterocycles. The average molecular weight is 250 g/mol. The van der Waals surface area contributed by atoms with Crippen molar-refractivity contribution in [2.45, 2.75) is 37.8 Å². The fourth-order valence-electron chi connectivity index (χ4n) is 2.32. The zero-order valence-corrected chi connectivity index (χ0v) is 10.3. The van der Waals surface area contributed by atoms with Gasteiger partial charge in [-0.1, -0.05) is 0 Å². The predicted octanol–water partition coefficient (Wildman–Crippen LogP) is 1.74. The number of esters is 1. The van der Waals surface area contributed by atoms with Gasteiger partial charge in [0.1, 0.15) is 11.8 Å². The van der Waals surface area contributed by atoms with Gasteiger partial charge in [-0.2, -0.15) is 0 Å². The van der Waals surface area contributed by atoms with Crippen molar-refractivity contribution in [1.29, 1.82) is 0 Å². The Balaban J connectivity index is 1.71. The quantitative estimate of drug-likeness (QED) is 0.830. The molecule has 1 saturated carbocycles. The SMILES string of the molecule is Nc1cc(C(=O)OC2CCOCC2)n(C2CC2)c1. The van der Waals surface area contributed by atoms with E-state index in [9.17, 15) is 4.79 Å². The van der Waals surface area contributed by atoms with Crippen molar-refractivity contribution in [2.75, 3.05) is 18.9 Å². The maximum absolute atomic E-state index is 12.1. The number of hydrogen-bond donors (Lipinski definition) is 1. The van der Waals surface area contributed by atoms with Crippen molar-refractivity contribution in [3.8, 4) is 0 Å². The Hall–Kier alpha value is -1.49. The van der Waals surface area contributed by atoms with Crippen molar-refractivity contribution in [3.05, 3.63) is 18.0 Å². The maximum Gasteiger partial charge on any atom is 0.355 e. The van der Waals surface area contributed by atoms with E-state index < -0.39 is 0 Å². The summed E-state index contributed by atoms with van der Waals surface area (Å²) < 4.78 is 12.7. The summed E-state index contributed by atoms with van der Waals surface area (Å²) in [6.07, 6.45) is 5.61. The molecule has 1 aromatic heterocycles. The fourth-order valence-corrected chi connectivity index (χ4v) is 2.32. The Kier molecular flexibility index (Phi) is 2.99. The first kappa shape index (κ1) is 11.6. The number of nitrogens with zero attached hydrogens (tertiary/aromatic N) is 1. The largest absolute Gasteiger partial charge is 0.458 e. The summed E-state index contributed by atoms with van der Waals surface area (Å²) in [4.78, 5) is 12.1. The van der Waals surface area contributed by atoms with Gasteiger partial charge >= 0.3 is 5.97 Å². The second kappa shape index (κ2) is 4.65. The number of nitrogen functional groups attached to an aromatic ring is 1. The maximum atomic E-state index is 12.1. The molecule has 0 unspecified atom stereocenters. The van der Waals surface area contributed by atoms with E-state index in [2.05, 4.69) is 0 Å². The van der Waals surface area contributed by atoms with Crippen LogP contribution in [0.1, 0.15) is 42.2 Å². The van der Waals surface area contributed by atoms with Crippen LogP contribution in [-0.4, -0.2) is 29.9 Å². The zero-order valence-electron chi connectivity index (χ0n) is 10.3. The van der Waals surface area contributed by atoms with Crippen molar-refractivity contribution in [1.82, 2.24) is 4.57 Å². The number of carbonyl (C=O) groups is 1. The van der Waals surface area contributed by atoms with Gasteiger partial charge < -0.3 is 19.8 Å². The molecular formula is C13H18N2O3. The van der Waals surface area contributed by atoms with Crippen LogP contribution in [0.2, 0.25) is 0 Å². The lowest BCUT2D eigenvalue weighted by molar-refractivity contribution is -0.0166. The first-order chi connectivity index (χ1) is 8.74. The molecule has 3 rings (SSSR count). The van der Waals surface area contributed by atoms with Gasteiger partial charge in [0.05, 0.1) is 18.9 Å². The lowest BCUT2D eigenvalue weighted by Crippen LogP contribution is -2.27. The molecule has 1 saturated heterocycles. The van der Waals surface area contributed by atoms with Crippen LogP contribution >= 0.6 is 0 Å². The average Bonchev–Trinajstić information content (AvgIpc) is 3.13. The molecule has 2 aliphatic rings. The smallest absolute Gasteiger partial charge is 0.355 e. The molecule has 0 spiro atoms. The van der Waals surface area contributed by atoms with E-state index >= 15 is 0 Å². The standard InChI is InChI=1S/C13H18N2O3/c14-9-7-12(15(8-9)10-1-2-10)13(16)18-11-3-5-17-6-4-11/h7-8,10-11H,1-6,14H2. The summed E-state index contributed by atoms with van der Waals surface area (Å²) in [6, 6.07) is 2.14. The summed E-state index contributed by atoms with van der Waals surface area (Å²) in [6.45, 7) is 1.34. The molecule has 5 heteroatoms. The number of nitrogens with two attached hydrogens (primary N) is 1. The van der Waals surface area contributed by atoms with Gasteiger partial charge in [0.25, 0.3) is 0 Å². The molecule has 0 radical (unpaired) electrons. The van der Waals surface area contributed by atoms with E-state index in [4.69, 9.17) is 15.2 Å². The van der Waals surface area contributed by atoms with Crippen LogP contribution in [0.15, 0.2) is 12.3 Å². The van der Waals surface area contributed by atoms with Gasteiger partial charge in [-0.05, 0) is 18.9 Å². The molecule has 1 aliphatic carbocycles. The Morgan fingerprint density at radius 1 is 1.33 bits per heavy atom. The lowest BCUT2D eigenvalue weighted by atomic mass is 10.1. The summed E-state index contributed by atoms with van der Waals surface area (Å²) >= 11 is 0. The van der Waals surface area contributed by atoms with Crippen LogP contribution in [0.3, 0.4) is 0 Å². The molecule has 0 aromatic carbocycles. The number of hydrogen-bond acceptors (Lipinski definition) is 4. The third-order valence-corrected chi connectivity index (χ3v) is 3.46. The second-order valence-electron chi connectivity index (χ2n) is 5.01. The van der Waals surface area contributed by atoms with Crippen LogP contribution in [0.4, 0.5) is 5.69 Å². The molecule has 2 N–H and O–H groups in total. The van der Waals surface area contributed by atoms with E-state index in [1.165, 1.54) is 0 Å². The highest BCUT2D eigenvalue weighted by atomic mass is 16.6. The number of anilines is 1. The lowest BCUT2D eigenvalue weighted by Gasteiger charge is -2.22. The summed E-state index contributed by atoms with van der Waals surface area (Å²) in [5.74, 6) is -0.259. The number of rotatable bonds is 3. The highest BCUT2D eigenvalue weighted by Gasteiger charge is 2.29. The Morgan fingerprint density at radius 3 is 2.72 bits per heavy atom. The van der Waals surface area contributed by atoms with Gasteiger partial charge in [-0.3, -0.25) is 0 Å². The van der Waals surface area contributed by atoms with Crippen LogP contribution in [0, 0.1) is 0 Å².